The van der Waals surface area contributed by atoms with Gasteiger partial charge in [0, 0.05) is 21.4 Å². The summed E-state index contributed by atoms with van der Waals surface area (Å²) in [5.74, 6) is 0. The Morgan fingerprint density at radius 1 is 0.759 bits per heavy atom. The van der Waals surface area contributed by atoms with Crippen molar-refractivity contribution >= 4 is 44.7 Å². The number of likely N-dealkylation sites (N-methyl/N-ethyl adjacent to an activating group) is 1. The topological polar surface area (TPSA) is 17.0 Å². The van der Waals surface area contributed by atoms with Crippen LogP contribution in [0.3, 0.4) is 0 Å². The third-order valence-electron chi connectivity index (χ3n) is 10.5. The second-order valence-electron chi connectivity index (χ2n) is 13.8. The van der Waals surface area contributed by atoms with E-state index in [1.165, 1.54) is 76.8 Å². The molecule has 2 nitrogen and oxygen atoms in total. The van der Waals surface area contributed by atoms with Crippen LogP contribution in [-0.2, 0) is 0 Å². The number of hydrogen-bond acceptors (Lipinski definition) is 2. The summed E-state index contributed by atoms with van der Waals surface area (Å²) in [6.45, 7) is 10.3. The molecule has 0 amide bonds. The van der Waals surface area contributed by atoms with Crippen molar-refractivity contribution in [1.29, 1.82) is 0 Å². The number of hydrogen-bond donors (Lipinski definition) is 1. The summed E-state index contributed by atoms with van der Waals surface area (Å²) >= 11 is 1.76. The molecule has 54 heavy (non-hydrogen) atoms. The first-order valence-corrected chi connectivity index (χ1v) is 19.6. The Hall–Kier alpha value is -5.87. The van der Waals surface area contributed by atoms with Crippen molar-refractivity contribution in [3.8, 4) is 16.8 Å². The second kappa shape index (κ2) is 15.6. The van der Waals surface area contributed by atoms with E-state index in [1.54, 1.807) is 11.8 Å². The number of nitrogens with one attached hydrogen (secondary N) is 1. The molecule has 1 N–H and O–H groups in total. The van der Waals surface area contributed by atoms with Crippen LogP contribution in [0.25, 0.3) is 49.8 Å². The molecule has 0 fully saturated rings. The maximum absolute atomic E-state index is 4.28. The molecule has 8 rings (SSSR count). The van der Waals surface area contributed by atoms with Gasteiger partial charge in [-0.3, -0.25) is 0 Å². The Morgan fingerprint density at radius 2 is 1.52 bits per heavy atom. The van der Waals surface area contributed by atoms with E-state index in [4.69, 9.17) is 0 Å². The van der Waals surface area contributed by atoms with Crippen molar-refractivity contribution in [2.75, 3.05) is 7.05 Å². The first-order valence-electron chi connectivity index (χ1n) is 18.7. The number of nitrogens with zero attached hydrogens (tertiary/aromatic N) is 1. The smallest absolute Gasteiger partial charge is 0.0541 e. The van der Waals surface area contributed by atoms with Crippen LogP contribution in [-0.4, -0.2) is 17.7 Å². The zero-order valence-electron chi connectivity index (χ0n) is 30.9. The fourth-order valence-electron chi connectivity index (χ4n) is 7.88. The molecule has 1 unspecified atom stereocenters. The van der Waals surface area contributed by atoms with Gasteiger partial charge in [-0.25, -0.2) is 0 Å². The quantitative estimate of drug-likeness (QED) is 0.142. The zero-order chi connectivity index (χ0) is 37.0. The fourth-order valence-corrected chi connectivity index (χ4v) is 8.75. The number of para-hydroxylation sites is 1. The van der Waals surface area contributed by atoms with E-state index in [0.717, 1.165) is 24.1 Å². The molecule has 0 bridgehead atoms. The lowest BCUT2D eigenvalue weighted by Gasteiger charge is -2.22. The molecule has 2 aliphatic rings. The Bertz CT molecular complexity index is 2600. The Balaban J connectivity index is 1.22. The van der Waals surface area contributed by atoms with E-state index in [1.807, 2.05) is 13.1 Å². The van der Waals surface area contributed by atoms with Gasteiger partial charge in [0.15, 0.2) is 0 Å². The normalized spacial score (nSPS) is 16.7. The fraction of sp³-hybridized carbons (Fsp3) is 0.0980. The molecule has 1 aromatic heterocycles. The number of rotatable bonds is 10. The number of aromatic nitrogens is 1. The van der Waals surface area contributed by atoms with E-state index >= 15 is 0 Å². The summed E-state index contributed by atoms with van der Waals surface area (Å²) in [5.41, 5.74) is 15.8. The highest BCUT2D eigenvalue weighted by Crippen LogP contribution is 2.41. The Labute approximate surface area is 323 Å². The molecule has 1 atom stereocenters. The van der Waals surface area contributed by atoms with E-state index in [2.05, 4.69) is 193 Å². The molecular formula is C51H44N2S. The molecule has 0 saturated carbocycles. The molecular weight excluding hydrogens is 673 g/mol. The number of thioether (sulfide) groups is 1. The molecule has 1 heterocycles. The van der Waals surface area contributed by atoms with Gasteiger partial charge in [0.1, 0.15) is 0 Å². The summed E-state index contributed by atoms with van der Waals surface area (Å²) in [5, 5.41) is 8.16. The molecule has 0 spiro atoms. The average molecular weight is 717 g/mol. The van der Waals surface area contributed by atoms with E-state index in [-0.39, 0.29) is 6.04 Å². The predicted molar refractivity (Wildman–Crippen MR) is 236 cm³/mol. The van der Waals surface area contributed by atoms with Crippen LogP contribution in [0.5, 0.6) is 0 Å². The summed E-state index contributed by atoms with van der Waals surface area (Å²) in [6, 6.07) is 44.6. The molecule has 3 heteroatoms. The Kier molecular flexibility index (Phi) is 10.2. The zero-order valence-corrected chi connectivity index (χ0v) is 31.7. The highest BCUT2D eigenvalue weighted by atomic mass is 32.2. The van der Waals surface area contributed by atoms with Gasteiger partial charge < -0.3 is 9.88 Å². The molecule has 0 saturated heterocycles. The van der Waals surface area contributed by atoms with Crippen molar-refractivity contribution in [1.82, 2.24) is 9.88 Å². The van der Waals surface area contributed by atoms with Crippen molar-refractivity contribution in [3.63, 3.8) is 0 Å². The third kappa shape index (κ3) is 6.73. The van der Waals surface area contributed by atoms with E-state index in [9.17, 15) is 0 Å². The van der Waals surface area contributed by atoms with Crippen molar-refractivity contribution in [2.24, 2.45) is 0 Å². The van der Waals surface area contributed by atoms with Crippen molar-refractivity contribution in [3.05, 3.63) is 221 Å². The SMILES string of the molecule is C=CC(=C)C1=C(S/C=C\C)C=C(c2ccc3c(c2)c2ccccc2n3-c2cccc(-c3cccc(/C(=C4/C=CC=CC4NC)c4ccccc4)c3)c2)CC1. The third-order valence-corrected chi connectivity index (χ3v) is 11.6. The average Bonchev–Trinajstić information content (AvgIpc) is 3.57. The first kappa shape index (κ1) is 35.2. The highest BCUT2D eigenvalue weighted by Gasteiger charge is 2.20. The number of allylic oxidation sites excluding steroid dienone is 8. The predicted octanol–water partition coefficient (Wildman–Crippen LogP) is 13.4. The molecule has 0 aliphatic heterocycles. The van der Waals surface area contributed by atoms with Gasteiger partial charge in [0.05, 0.1) is 17.1 Å². The van der Waals surface area contributed by atoms with Gasteiger partial charge in [-0.15, -0.1) is 0 Å². The standard InChI is InChI=1S/C51H44N2S/c1-5-30-54-50-34-40(26-28-43(50)35(3)6-2)39-27-29-49-46(33-39)44-22-11-13-25-48(44)53(49)42-21-15-19-38(32-42)37-18-14-20-41(31-37)51(36-16-8-7-9-17-36)45-23-10-12-24-47(45)52-4/h5-25,27,29-34,47,52H,2-3,26,28H2,1,4H3/b30-5-,51-45-. The van der Waals surface area contributed by atoms with Crippen LogP contribution in [0, 0.1) is 0 Å². The monoisotopic (exact) mass is 716 g/mol. The summed E-state index contributed by atoms with van der Waals surface area (Å²) < 4.78 is 2.42. The van der Waals surface area contributed by atoms with Crippen LogP contribution < -0.4 is 5.32 Å². The van der Waals surface area contributed by atoms with Gasteiger partial charge in [-0.05, 0) is 130 Å². The lowest BCUT2D eigenvalue weighted by molar-refractivity contribution is 0.764. The van der Waals surface area contributed by atoms with Crippen molar-refractivity contribution in [2.45, 2.75) is 25.8 Å². The largest absolute Gasteiger partial charge is 0.310 e. The minimum Gasteiger partial charge on any atom is -0.310 e. The number of benzene rings is 5. The van der Waals surface area contributed by atoms with Crippen LogP contribution in [0.1, 0.15) is 36.5 Å². The first-order chi connectivity index (χ1) is 26.6. The summed E-state index contributed by atoms with van der Waals surface area (Å²) in [4.78, 5) is 1.25. The highest BCUT2D eigenvalue weighted by molar-refractivity contribution is 8.06. The van der Waals surface area contributed by atoms with Crippen LogP contribution >= 0.6 is 11.8 Å². The van der Waals surface area contributed by atoms with E-state index < -0.39 is 0 Å². The van der Waals surface area contributed by atoms with Gasteiger partial charge in [0.25, 0.3) is 0 Å². The minimum atomic E-state index is 0.132. The Morgan fingerprint density at radius 3 is 2.33 bits per heavy atom. The number of fused-ring (bicyclic) bond motifs is 3. The van der Waals surface area contributed by atoms with Gasteiger partial charge in [-0.1, -0.05) is 146 Å². The molecule has 6 aromatic rings. The lowest BCUT2D eigenvalue weighted by Crippen LogP contribution is -2.26. The molecule has 0 radical (unpaired) electrons. The van der Waals surface area contributed by atoms with Crippen LogP contribution in [0.15, 0.2) is 204 Å². The molecule has 5 aromatic carbocycles. The lowest BCUT2D eigenvalue weighted by atomic mass is 9.86. The molecule has 2 aliphatic carbocycles. The summed E-state index contributed by atoms with van der Waals surface area (Å²) in [6.07, 6.45) is 17.0. The minimum absolute atomic E-state index is 0.132. The summed E-state index contributed by atoms with van der Waals surface area (Å²) in [7, 11) is 2.03. The van der Waals surface area contributed by atoms with Crippen LogP contribution in [0.2, 0.25) is 0 Å². The van der Waals surface area contributed by atoms with Gasteiger partial charge in [-0.2, -0.15) is 0 Å². The van der Waals surface area contributed by atoms with Gasteiger partial charge in [0.2, 0.25) is 0 Å². The van der Waals surface area contributed by atoms with Gasteiger partial charge >= 0.3 is 0 Å². The van der Waals surface area contributed by atoms with Crippen molar-refractivity contribution < 1.29 is 0 Å². The van der Waals surface area contributed by atoms with Crippen LogP contribution in [0.4, 0.5) is 0 Å². The maximum Gasteiger partial charge on any atom is 0.0541 e. The molecule has 264 valence electrons. The maximum atomic E-state index is 4.28. The van der Waals surface area contributed by atoms with E-state index in [0.29, 0.717) is 0 Å². The second-order valence-corrected chi connectivity index (χ2v) is 14.7.